The molecule has 0 fully saturated rings. The summed E-state index contributed by atoms with van der Waals surface area (Å²) >= 11 is 0. The molecule has 0 saturated carbocycles. The van der Waals surface area contributed by atoms with Crippen LogP contribution in [0.25, 0.3) is 0 Å². The molecule has 0 aliphatic heterocycles. The Hall–Kier alpha value is -1.59. The van der Waals surface area contributed by atoms with Crippen molar-refractivity contribution in [1.29, 1.82) is 0 Å². The molecular weight excluding hydrogens is 661 g/mol. The summed E-state index contributed by atoms with van der Waals surface area (Å²) in [5.41, 5.74) is 0. The second-order valence-electron chi connectivity index (χ2n) is 16.5. The summed E-state index contributed by atoms with van der Waals surface area (Å²) in [6.45, 7) is 8.93. The third-order valence-electron chi connectivity index (χ3n) is 10.5. The number of hydrogen-bond donors (Lipinski definition) is 0. The molecule has 0 unspecified atom stereocenters. The summed E-state index contributed by atoms with van der Waals surface area (Å²) in [5.74, 6) is -0.0325. The standard InChI is InChI=1S/C47H90O6/c1-5-7-9-11-12-13-14-15-16-17-21-24-27-31-34-38-45(48)51-41-44(53-47(50)40-36-29-10-8-6-2)42-52-46(49)39-35-32-28-25-22-19-18-20-23-26-30-33-37-43(3)4/h43-44H,5-42H2,1-4H3/t44-/m1/s1. The average molecular weight is 751 g/mol. The van der Waals surface area contributed by atoms with Crippen molar-refractivity contribution >= 4 is 17.9 Å². The van der Waals surface area contributed by atoms with Gasteiger partial charge in [-0.05, 0) is 25.2 Å². The van der Waals surface area contributed by atoms with E-state index in [2.05, 4.69) is 27.7 Å². The maximum Gasteiger partial charge on any atom is 0.306 e. The molecule has 6 heteroatoms. The lowest BCUT2D eigenvalue weighted by molar-refractivity contribution is -0.167. The fourth-order valence-corrected chi connectivity index (χ4v) is 6.98. The Morgan fingerprint density at radius 3 is 0.925 bits per heavy atom. The van der Waals surface area contributed by atoms with E-state index in [9.17, 15) is 14.4 Å². The summed E-state index contributed by atoms with van der Waals surface area (Å²) < 4.78 is 16.6. The van der Waals surface area contributed by atoms with Gasteiger partial charge in [0.1, 0.15) is 13.2 Å². The van der Waals surface area contributed by atoms with Gasteiger partial charge in [-0.1, -0.05) is 220 Å². The highest BCUT2D eigenvalue weighted by Crippen LogP contribution is 2.16. The van der Waals surface area contributed by atoms with E-state index in [4.69, 9.17) is 14.2 Å². The molecular formula is C47H90O6. The number of esters is 3. The van der Waals surface area contributed by atoms with Gasteiger partial charge in [0.25, 0.3) is 0 Å². The summed E-state index contributed by atoms with van der Waals surface area (Å²) in [6, 6.07) is 0. The molecule has 0 radical (unpaired) electrons. The number of carbonyl (C=O) groups excluding carboxylic acids is 3. The fraction of sp³-hybridized carbons (Fsp3) is 0.936. The van der Waals surface area contributed by atoms with Gasteiger partial charge in [-0.25, -0.2) is 0 Å². The summed E-state index contributed by atoms with van der Waals surface area (Å²) in [7, 11) is 0. The van der Waals surface area contributed by atoms with Crippen LogP contribution in [-0.4, -0.2) is 37.2 Å². The molecule has 0 aliphatic carbocycles. The lowest BCUT2D eigenvalue weighted by Gasteiger charge is -2.18. The molecule has 53 heavy (non-hydrogen) atoms. The smallest absolute Gasteiger partial charge is 0.306 e. The third kappa shape index (κ3) is 41.4. The SMILES string of the molecule is CCCCCCCCCCCCCCCCCC(=O)OC[C@H](COC(=O)CCCCCCCCCCCCCCC(C)C)OC(=O)CCCCCCC. The van der Waals surface area contributed by atoms with E-state index in [1.165, 1.54) is 148 Å². The van der Waals surface area contributed by atoms with Crippen LogP contribution in [0.1, 0.15) is 259 Å². The van der Waals surface area contributed by atoms with Crippen molar-refractivity contribution in [3.05, 3.63) is 0 Å². The number of hydrogen-bond acceptors (Lipinski definition) is 6. The van der Waals surface area contributed by atoms with Crippen LogP contribution in [0.5, 0.6) is 0 Å². The van der Waals surface area contributed by atoms with Crippen molar-refractivity contribution in [2.45, 2.75) is 265 Å². The van der Waals surface area contributed by atoms with Crippen molar-refractivity contribution in [3.63, 3.8) is 0 Å². The number of ether oxygens (including phenoxy) is 3. The van der Waals surface area contributed by atoms with Crippen LogP contribution in [0.4, 0.5) is 0 Å². The van der Waals surface area contributed by atoms with Gasteiger partial charge in [0, 0.05) is 19.3 Å². The molecule has 6 nitrogen and oxygen atoms in total. The minimum atomic E-state index is -0.757. The molecule has 0 aromatic carbocycles. The van der Waals surface area contributed by atoms with Crippen LogP contribution >= 0.6 is 0 Å². The van der Waals surface area contributed by atoms with Gasteiger partial charge in [-0.15, -0.1) is 0 Å². The van der Waals surface area contributed by atoms with Crippen molar-refractivity contribution in [3.8, 4) is 0 Å². The van der Waals surface area contributed by atoms with E-state index in [1.54, 1.807) is 0 Å². The average Bonchev–Trinajstić information content (AvgIpc) is 3.14. The first kappa shape index (κ1) is 51.4. The van der Waals surface area contributed by atoms with Crippen LogP contribution in [0, 0.1) is 5.92 Å². The van der Waals surface area contributed by atoms with Gasteiger partial charge in [0.2, 0.25) is 0 Å². The van der Waals surface area contributed by atoms with Crippen molar-refractivity contribution in [2.24, 2.45) is 5.92 Å². The predicted molar refractivity (Wildman–Crippen MR) is 224 cm³/mol. The summed E-state index contributed by atoms with van der Waals surface area (Å²) in [5, 5.41) is 0. The van der Waals surface area contributed by atoms with Gasteiger partial charge in [0.15, 0.2) is 6.10 Å². The molecule has 0 bridgehead atoms. The van der Waals surface area contributed by atoms with Gasteiger partial charge >= 0.3 is 17.9 Å². The molecule has 0 amide bonds. The molecule has 1 atom stereocenters. The molecule has 0 saturated heterocycles. The highest BCUT2D eigenvalue weighted by atomic mass is 16.6. The van der Waals surface area contributed by atoms with E-state index in [0.717, 1.165) is 70.1 Å². The lowest BCUT2D eigenvalue weighted by Crippen LogP contribution is -2.30. The first-order chi connectivity index (χ1) is 25.9. The van der Waals surface area contributed by atoms with Gasteiger partial charge < -0.3 is 14.2 Å². The molecule has 0 rings (SSSR count). The van der Waals surface area contributed by atoms with E-state index < -0.39 is 6.10 Å². The van der Waals surface area contributed by atoms with Gasteiger partial charge in [0.05, 0.1) is 0 Å². The molecule has 314 valence electrons. The molecule has 0 heterocycles. The minimum Gasteiger partial charge on any atom is -0.462 e. The summed E-state index contributed by atoms with van der Waals surface area (Å²) in [6.07, 6.45) is 41.2. The Balaban J connectivity index is 4.11. The third-order valence-corrected chi connectivity index (χ3v) is 10.5. The number of rotatable bonds is 42. The fourth-order valence-electron chi connectivity index (χ4n) is 6.98. The Bertz CT molecular complexity index is 796. The maximum atomic E-state index is 12.5. The van der Waals surface area contributed by atoms with Crippen LogP contribution in [0.3, 0.4) is 0 Å². The van der Waals surface area contributed by atoms with Crippen molar-refractivity contribution in [2.75, 3.05) is 13.2 Å². The highest BCUT2D eigenvalue weighted by Gasteiger charge is 2.19. The molecule has 0 aromatic heterocycles. The van der Waals surface area contributed by atoms with E-state index in [1.807, 2.05) is 0 Å². The zero-order valence-electron chi connectivity index (χ0n) is 36.0. The Kier molecular flexibility index (Phi) is 40.3. The van der Waals surface area contributed by atoms with Crippen LogP contribution in [0.15, 0.2) is 0 Å². The molecule has 0 N–H and O–H groups in total. The Labute approximate surface area is 329 Å². The van der Waals surface area contributed by atoms with Crippen LogP contribution < -0.4 is 0 Å². The summed E-state index contributed by atoms with van der Waals surface area (Å²) in [4.78, 5) is 37.5. The van der Waals surface area contributed by atoms with E-state index in [-0.39, 0.29) is 31.1 Å². The molecule has 0 spiro atoms. The normalized spacial score (nSPS) is 11.9. The maximum absolute atomic E-state index is 12.5. The number of unbranched alkanes of at least 4 members (excludes halogenated alkanes) is 29. The van der Waals surface area contributed by atoms with Gasteiger partial charge in [-0.2, -0.15) is 0 Å². The van der Waals surface area contributed by atoms with Gasteiger partial charge in [-0.3, -0.25) is 14.4 Å². The predicted octanol–water partition coefficient (Wildman–Crippen LogP) is 14.7. The second-order valence-corrected chi connectivity index (χ2v) is 16.5. The second kappa shape index (κ2) is 41.6. The van der Waals surface area contributed by atoms with Crippen molar-refractivity contribution in [1.82, 2.24) is 0 Å². The molecule has 0 aromatic rings. The number of carbonyl (C=O) groups is 3. The lowest BCUT2D eigenvalue weighted by atomic mass is 10.0. The van der Waals surface area contributed by atoms with Crippen LogP contribution in [0.2, 0.25) is 0 Å². The minimum absolute atomic E-state index is 0.0649. The topological polar surface area (TPSA) is 78.9 Å². The monoisotopic (exact) mass is 751 g/mol. The van der Waals surface area contributed by atoms with Crippen molar-refractivity contribution < 1.29 is 28.6 Å². The Morgan fingerprint density at radius 2 is 0.623 bits per heavy atom. The molecule has 0 aliphatic rings. The zero-order chi connectivity index (χ0) is 38.9. The quantitative estimate of drug-likeness (QED) is 0.0351. The van der Waals surface area contributed by atoms with E-state index >= 15 is 0 Å². The largest absolute Gasteiger partial charge is 0.462 e. The highest BCUT2D eigenvalue weighted by molar-refractivity contribution is 5.71. The van der Waals surface area contributed by atoms with Crippen LogP contribution in [-0.2, 0) is 28.6 Å². The van der Waals surface area contributed by atoms with E-state index in [0.29, 0.717) is 19.3 Å². The zero-order valence-corrected chi connectivity index (χ0v) is 36.0. The first-order valence-electron chi connectivity index (χ1n) is 23.4. The first-order valence-corrected chi connectivity index (χ1v) is 23.4. The Morgan fingerprint density at radius 1 is 0.358 bits per heavy atom.